The molecule has 0 fully saturated rings. The number of fused-ring (bicyclic) bond motifs is 1. The highest BCUT2D eigenvalue weighted by molar-refractivity contribution is 5.34. The van der Waals surface area contributed by atoms with Gasteiger partial charge in [-0.2, -0.15) is 5.10 Å². The molecule has 0 spiro atoms. The van der Waals surface area contributed by atoms with Gasteiger partial charge in [-0.05, 0) is 31.5 Å². The Labute approximate surface area is 158 Å². The highest BCUT2D eigenvalue weighted by atomic mass is 19.1. The number of aromatic nitrogens is 4. The molecule has 0 unspecified atom stereocenters. The molecule has 0 aliphatic carbocycles. The molecular weight excluding hydrogens is 341 g/mol. The number of allylic oxidation sites excluding steroid dienone is 1. The number of hydrogen-bond acceptors (Lipinski definition) is 3. The summed E-state index contributed by atoms with van der Waals surface area (Å²) in [5, 5.41) is 4.65. The van der Waals surface area contributed by atoms with Crippen molar-refractivity contribution < 1.29 is 4.39 Å². The zero-order valence-corrected chi connectivity index (χ0v) is 15.7. The van der Waals surface area contributed by atoms with Crippen LogP contribution < -0.4 is 0 Å². The number of nitrogens with one attached hydrogen (secondary N) is 1. The summed E-state index contributed by atoms with van der Waals surface area (Å²) in [7, 11) is 0. The van der Waals surface area contributed by atoms with Gasteiger partial charge in [-0.25, -0.2) is 9.37 Å². The lowest BCUT2D eigenvalue weighted by Crippen LogP contribution is -2.36. The van der Waals surface area contributed by atoms with Gasteiger partial charge in [0.25, 0.3) is 0 Å². The molecule has 4 rings (SSSR count). The summed E-state index contributed by atoms with van der Waals surface area (Å²) in [6, 6.07) is 6.77. The first-order valence-electron chi connectivity index (χ1n) is 9.24. The second-order valence-electron chi connectivity index (χ2n) is 7.06. The maximum atomic E-state index is 13.9. The fourth-order valence-corrected chi connectivity index (χ4v) is 4.01. The molecule has 2 aromatic heterocycles. The number of aryl methyl sites for hydroxylation is 1. The zero-order valence-electron chi connectivity index (χ0n) is 15.7. The van der Waals surface area contributed by atoms with E-state index in [0.717, 1.165) is 47.8 Å². The fraction of sp³-hybridized carbons (Fsp3) is 0.333. The van der Waals surface area contributed by atoms with Crippen molar-refractivity contribution in [1.29, 1.82) is 0 Å². The van der Waals surface area contributed by atoms with E-state index in [9.17, 15) is 4.39 Å². The van der Waals surface area contributed by atoms with Gasteiger partial charge in [0.2, 0.25) is 0 Å². The molecule has 140 valence electrons. The summed E-state index contributed by atoms with van der Waals surface area (Å²) in [5.41, 5.74) is 6.45. The lowest BCUT2D eigenvalue weighted by molar-refractivity contribution is 0.199. The lowest BCUT2D eigenvalue weighted by Gasteiger charge is -2.35. The number of nitrogens with zero attached hydrogens (tertiary/aromatic N) is 4. The SMILES string of the molecule is C=CCn1nc(C)c(CN2CCc3[nH]cnc3[C@@H]2c2cccc(F)c2)c1C. The molecule has 1 aliphatic heterocycles. The normalized spacial score (nSPS) is 17.1. The third-order valence-electron chi connectivity index (χ3n) is 5.38. The molecule has 5 nitrogen and oxygen atoms in total. The molecule has 0 saturated carbocycles. The van der Waals surface area contributed by atoms with Crippen LogP contribution in [0, 0.1) is 19.7 Å². The van der Waals surface area contributed by atoms with Crippen LogP contribution >= 0.6 is 0 Å². The van der Waals surface area contributed by atoms with Crippen LogP contribution in [-0.4, -0.2) is 31.2 Å². The average Bonchev–Trinajstić information content (AvgIpc) is 3.22. The predicted octanol–water partition coefficient (Wildman–Crippen LogP) is 3.70. The number of rotatable bonds is 5. The van der Waals surface area contributed by atoms with Crippen molar-refractivity contribution in [2.24, 2.45) is 0 Å². The molecule has 1 atom stereocenters. The van der Waals surface area contributed by atoms with E-state index in [1.807, 2.05) is 23.7 Å². The van der Waals surface area contributed by atoms with E-state index >= 15 is 0 Å². The Hall–Kier alpha value is -2.73. The number of H-pyrrole nitrogens is 1. The molecule has 0 amide bonds. The quantitative estimate of drug-likeness (QED) is 0.702. The van der Waals surface area contributed by atoms with Gasteiger partial charge in [0, 0.05) is 36.5 Å². The second kappa shape index (κ2) is 7.12. The number of aromatic amines is 1. The highest BCUT2D eigenvalue weighted by Crippen LogP contribution is 2.35. The monoisotopic (exact) mass is 365 g/mol. The van der Waals surface area contributed by atoms with E-state index in [-0.39, 0.29) is 11.9 Å². The van der Waals surface area contributed by atoms with Gasteiger partial charge in [0.05, 0.1) is 30.3 Å². The van der Waals surface area contributed by atoms with Crippen molar-refractivity contribution in [3.8, 4) is 0 Å². The maximum absolute atomic E-state index is 13.9. The molecule has 0 radical (unpaired) electrons. The van der Waals surface area contributed by atoms with Crippen LogP contribution in [0.5, 0.6) is 0 Å². The van der Waals surface area contributed by atoms with Gasteiger partial charge in [-0.15, -0.1) is 6.58 Å². The van der Waals surface area contributed by atoms with Crippen LogP contribution in [0.25, 0.3) is 0 Å². The Morgan fingerprint density at radius 2 is 2.22 bits per heavy atom. The van der Waals surface area contributed by atoms with Crippen LogP contribution in [-0.2, 0) is 19.5 Å². The molecule has 1 N–H and O–H groups in total. The molecule has 3 heterocycles. The Kier molecular flexibility index (Phi) is 4.66. The third kappa shape index (κ3) is 3.21. The number of halogens is 1. The molecule has 27 heavy (non-hydrogen) atoms. The Morgan fingerprint density at radius 1 is 1.37 bits per heavy atom. The largest absolute Gasteiger partial charge is 0.348 e. The molecule has 1 aromatic carbocycles. The molecule has 0 bridgehead atoms. The topological polar surface area (TPSA) is 49.7 Å². The van der Waals surface area contributed by atoms with Gasteiger partial charge in [-0.1, -0.05) is 18.2 Å². The smallest absolute Gasteiger partial charge is 0.123 e. The average molecular weight is 365 g/mol. The second-order valence-corrected chi connectivity index (χ2v) is 7.06. The summed E-state index contributed by atoms with van der Waals surface area (Å²) in [6.07, 6.45) is 4.49. The van der Waals surface area contributed by atoms with Crippen LogP contribution in [0.4, 0.5) is 4.39 Å². The van der Waals surface area contributed by atoms with Crippen LogP contribution in [0.15, 0.2) is 43.2 Å². The standard InChI is InChI=1S/C21H24FN5/c1-4-9-27-15(3)18(14(2)25-27)12-26-10-8-19-20(24-13-23-19)21(26)16-6-5-7-17(22)11-16/h4-7,11,13,21H,1,8-10,12H2,2-3H3,(H,23,24)/t21-/m0/s1. The van der Waals surface area contributed by atoms with Crippen molar-refractivity contribution >= 4 is 0 Å². The number of imidazole rings is 1. The molecule has 3 aromatic rings. The minimum Gasteiger partial charge on any atom is -0.348 e. The van der Waals surface area contributed by atoms with Crippen LogP contribution in [0.1, 0.15) is 39.9 Å². The highest BCUT2D eigenvalue weighted by Gasteiger charge is 2.32. The van der Waals surface area contributed by atoms with E-state index in [0.29, 0.717) is 6.54 Å². The molecule has 1 aliphatic rings. The Balaban J connectivity index is 1.72. The zero-order chi connectivity index (χ0) is 19.0. The summed E-state index contributed by atoms with van der Waals surface area (Å²) in [5.74, 6) is -0.221. The minimum absolute atomic E-state index is 0.0720. The predicted molar refractivity (Wildman–Crippen MR) is 103 cm³/mol. The van der Waals surface area contributed by atoms with Crippen molar-refractivity contribution in [2.45, 2.75) is 39.4 Å². The van der Waals surface area contributed by atoms with E-state index in [4.69, 9.17) is 0 Å². The summed E-state index contributed by atoms with van der Waals surface area (Å²) >= 11 is 0. The number of benzene rings is 1. The van der Waals surface area contributed by atoms with E-state index < -0.39 is 0 Å². The van der Waals surface area contributed by atoms with E-state index in [1.54, 1.807) is 18.5 Å². The first-order valence-corrected chi connectivity index (χ1v) is 9.24. The Morgan fingerprint density at radius 3 is 3.00 bits per heavy atom. The molecular formula is C21H24FN5. The first kappa shape index (κ1) is 17.7. The number of hydrogen-bond donors (Lipinski definition) is 1. The van der Waals surface area contributed by atoms with Gasteiger partial charge in [-0.3, -0.25) is 9.58 Å². The van der Waals surface area contributed by atoms with Crippen molar-refractivity contribution in [2.75, 3.05) is 6.54 Å². The van der Waals surface area contributed by atoms with Crippen LogP contribution in [0.2, 0.25) is 0 Å². The van der Waals surface area contributed by atoms with Crippen LogP contribution in [0.3, 0.4) is 0 Å². The first-order chi connectivity index (χ1) is 13.1. The maximum Gasteiger partial charge on any atom is 0.123 e. The van der Waals surface area contributed by atoms with Crippen molar-refractivity contribution in [3.63, 3.8) is 0 Å². The summed E-state index contributed by atoms with van der Waals surface area (Å²) in [4.78, 5) is 10.2. The summed E-state index contributed by atoms with van der Waals surface area (Å²) < 4.78 is 15.9. The fourth-order valence-electron chi connectivity index (χ4n) is 4.01. The molecule has 0 saturated heterocycles. The Bertz CT molecular complexity index is 971. The van der Waals surface area contributed by atoms with E-state index in [2.05, 4.69) is 33.5 Å². The van der Waals surface area contributed by atoms with Gasteiger partial charge in [0.15, 0.2) is 0 Å². The lowest BCUT2D eigenvalue weighted by atomic mass is 9.95. The summed E-state index contributed by atoms with van der Waals surface area (Å²) in [6.45, 7) is 10.3. The minimum atomic E-state index is -0.221. The van der Waals surface area contributed by atoms with E-state index in [1.165, 1.54) is 11.6 Å². The van der Waals surface area contributed by atoms with Gasteiger partial charge in [0.1, 0.15) is 5.82 Å². The van der Waals surface area contributed by atoms with Gasteiger partial charge < -0.3 is 4.98 Å². The third-order valence-corrected chi connectivity index (χ3v) is 5.38. The van der Waals surface area contributed by atoms with Crippen molar-refractivity contribution in [3.05, 3.63) is 83.0 Å². The van der Waals surface area contributed by atoms with Gasteiger partial charge >= 0.3 is 0 Å². The molecule has 6 heteroatoms. The van der Waals surface area contributed by atoms with Crippen molar-refractivity contribution in [1.82, 2.24) is 24.6 Å².